The second-order valence-electron chi connectivity index (χ2n) is 8.56. The Hall–Kier alpha value is -3.85. The summed E-state index contributed by atoms with van der Waals surface area (Å²) in [5.74, 6) is 0.671. The third-order valence-corrected chi connectivity index (χ3v) is 6.36. The van der Waals surface area contributed by atoms with Gasteiger partial charge in [0.05, 0.1) is 22.0 Å². The number of nitro benzene ring substituents is 1. The van der Waals surface area contributed by atoms with Gasteiger partial charge in [-0.15, -0.1) is 0 Å². The first-order chi connectivity index (χ1) is 17.3. The van der Waals surface area contributed by atoms with Crippen LogP contribution >= 0.6 is 15.9 Å². The van der Waals surface area contributed by atoms with E-state index in [1.54, 1.807) is 24.3 Å². The molecule has 0 fully saturated rings. The van der Waals surface area contributed by atoms with E-state index in [0.717, 1.165) is 22.0 Å². The van der Waals surface area contributed by atoms with E-state index in [9.17, 15) is 14.9 Å². The number of rotatable bonds is 8. The molecule has 4 rings (SSSR count). The van der Waals surface area contributed by atoms with Gasteiger partial charge >= 0.3 is 5.69 Å². The minimum Gasteiger partial charge on any atom is -0.482 e. The normalized spacial score (nSPS) is 12.2. The van der Waals surface area contributed by atoms with Crippen molar-refractivity contribution in [2.75, 3.05) is 0 Å². The number of nitro groups is 1. The first-order valence-corrected chi connectivity index (χ1v) is 12.3. The number of ether oxygens (including phenoxy) is 1. The number of hydrogen-bond acceptors (Lipinski definition) is 6. The van der Waals surface area contributed by atoms with E-state index in [1.165, 1.54) is 17.0 Å². The third-order valence-electron chi connectivity index (χ3n) is 5.87. The summed E-state index contributed by atoms with van der Waals surface area (Å²) in [6.45, 7) is 6.17. The molecule has 0 aliphatic rings. The van der Waals surface area contributed by atoms with Crippen LogP contribution in [0.5, 0.6) is 5.75 Å². The average Bonchev–Trinajstić information content (AvgIpc) is 2.87. The zero-order valence-corrected chi connectivity index (χ0v) is 21.7. The molecule has 0 amide bonds. The molecule has 0 radical (unpaired) electrons. The molecule has 36 heavy (non-hydrogen) atoms. The number of fused-ring (bicyclic) bond motifs is 1. The van der Waals surface area contributed by atoms with Gasteiger partial charge in [0.2, 0.25) is 0 Å². The maximum Gasteiger partial charge on any atom is 0.311 e. The lowest BCUT2D eigenvalue weighted by Crippen LogP contribution is -2.23. The van der Waals surface area contributed by atoms with Crippen LogP contribution in [0.15, 0.2) is 75.0 Å². The topological polar surface area (TPSA) is 99.6 Å². The molecule has 9 heteroatoms. The molecular formula is C27H25BrN4O4. The molecule has 4 aromatic rings. The Labute approximate surface area is 216 Å². The Morgan fingerprint density at radius 2 is 2.00 bits per heavy atom. The van der Waals surface area contributed by atoms with E-state index in [1.807, 2.05) is 51.1 Å². The first-order valence-electron chi connectivity index (χ1n) is 11.5. The van der Waals surface area contributed by atoms with Gasteiger partial charge in [0.15, 0.2) is 5.75 Å². The first kappa shape index (κ1) is 25.2. The van der Waals surface area contributed by atoms with Crippen LogP contribution in [-0.2, 0) is 6.61 Å². The summed E-state index contributed by atoms with van der Waals surface area (Å²) in [5.41, 5.74) is 2.57. The summed E-state index contributed by atoms with van der Waals surface area (Å²) in [7, 11) is 0. The van der Waals surface area contributed by atoms with Crippen molar-refractivity contribution in [2.24, 2.45) is 5.10 Å². The van der Waals surface area contributed by atoms with Gasteiger partial charge in [-0.1, -0.05) is 59.6 Å². The van der Waals surface area contributed by atoms with Crippen LogP contribution in [0.4, 0.5) is 5.69 Å². The summed E-state index contributed by atoms with van der Waals surface area (Å²) < 4.78 is 7.78. The lowest BCUT2D eigenvalue weighted by molar-refractivity contribution is -0.385. The third kappa shape index (κ3) is 5.52. The molecule has 184 valence electrons. The molecule has 0 aliphatic carbocycles. The van der Waals surface area contributed by atoms with Gasteiger partial charge in [-0.05, 0) is 49.2 Å². The maximum atomic E-state index is 13.3. The zero-order chi connectivity index (χ0) is 25.8. The van der Waals surface area contributed by atoms with Crippen molar-refractivity contribution in [1.82, 2.24) is 9.66 Å². The Balaban J connectivity index is 1.69. The van der Waals surface area contributed by atoms with Crippen LogP contribution in [0, 0.1) is 17.0 Å². The Bertz CT molecular complexity index is 1530. The number of aryl methyl sites for hydroxylation is 1. The van der Waals surface area contributed by atoms with Crippen LogP contribution in [0.25, 0.3) is 10.9 Å². The largest absolute Gasteiger partial charge is 0.482 e. The molecule has 1 aromatic heterocycles. The van der Waals surface area contributed by atoms with E-state index < -0.39 is 4.92 Å². The predicted octanol–water partition coefficient (Wildman–Crippen LogP) is 6.35. The molecule has 1 heterocycles. The second-order valence-corrected chi connectivity index (χ2v) is 9.48. The van der Waals surface area contributed by atoms with Gasteiger partial charge in [-0.3, -0.25) is 14.9 Å². The fourth-order valence-electron chi connectivity index (χ4n) is 3.75. The minimum atomic E-state index is -0.491. The molecule has 8 nitrogen and oxygen atoms in total. The number of hydrogen-bond donors (Lipinski definition) is 0. The monoisotopic (exact) mass is 548 g/mol. The molecule has 0 aliphatic heterocycles. The van der Waals surface area contributed by atoms with E-state index in [2.05, 4.69) is 26.0 Å². The summed E-state index contributed by atoms with van der Waals surface area (Å²) in [5, 5.41) is 16.6. The fraction of sp³-hybridized carbons (Fsp3) is 0.222. The van der Waals surface area contributed by atoms with Crippen molar-refractivity contribution in [3.8, 4) is 5.75 Å². The standard InChI is InChI=1S/C27H25BrN4O4/c1-4-18(3)26-30-23-10-9-21(28)14-22(23)27(33)31(26)29-15-19-8-11-25(24(13-19)32(34)35)36-16-20-7-5-6-17(2)12-20/h5-15,18H,4,16H2,1-3H3/t18-/m0/s1. The van der Waals surface area contributed by atoms with Crippen LogP contribution in [0.1, 0.15) is 48.7 Å². The van der Waals surface area contributed by atoms with Crippen LogP contribution in [0.2, 0.25) is 0 Å². The van der Waals surface area contributed by atoms with Gasteiger partial charge in [0, 0.05) is 22.0 Å². The highest BCUT2D eigenvalue weighted by molar-refractivity contribution is 9.10. The minimum absolute atomic E-state index is 0.0189. The summed E-state index contributed by atoms with van der Waals surface area (Å²) in [6, 6.07) is 17.7. The van der Waals surface area contributed by atoms with Gasteiger partial charge in [0.25, 0.3) is 5.56 Å². The summed E-state index contributed by atoms with van der Waals surface area (Å²) in [6.07, 6.45) is 2.19. The Morgan fingerprint density at radius 1 is 1.19 bits per heavy atom. The van der Waals surface area contributed by atoms with Gasteiger partial charge < -0.3 is 4.74 Å². The van der Waals surface area contributed by atoms with Crippen molar-refractivity contribution in [3.63, 3.8) is 0 Å². The molecule has 0 unspecified atom stereocenters. The van der Waals surface area contributed by atoms with Crippen molar-refractivity contribution >= 4 is 38.7 Å². The van der Waals surface area contributed by atoms with E-state index in [0.29, 0.717) is 22.3 Å². The maximum absolute atomic E-state index is 13.3. The fourth-order valence-corrected chi connectivity index (χ4v) is 4.11. The summed E-state index contributed by atoms with van der Waals surface area (Å²) >= 11 is 3.40. The number of aromatic nitrogens is 2. The van der Waals surface area contributed by atoms with E-state index in [-0.39, 0.29) is 29.5 Å². The molecule has 1 atom stereocenters. The molecular weight excluding hydrogens is 524 g/mol. The van der Waals surface area contributed by atoms with E-state index in [4.69, 9.17) is 4.74 Å². The molecule has 0 saturated carbocycles. The Morgan fingerprint density at radius 3 is 2.72 bits per heavy atom. The van der Waals surface area contributed by atoms with Crippen molar-refractivity contribution in [2.45, 2.75) is 39.7 Å². The second kappa shape index (κ2) is 10.8. The summed E-state index contributed by atoms with van der Waals surface area (Å²) in [4.78, 5) is 29.2. The van der Waals surface area contributed by atoms with Gasteiger partial charge in [-0.2, -0.15) is 9.78 Å². The predicted molar refractivity (Wildman–Crippen MR) is 144 cm³/mol. The lowest BCUT2D eigenvalue weighted by atomic mass is 10.1. The molecule has 0 spiro atoms. The highest BCUT2D eigenvalue weighted by Crippen LogP contribution is 2.28. The molecule has 0 N–H and O–H groups in total. The van der Waals surface area contributed by atoms with Gasteiger partial charge in [-0.25, -0.2) is 4.98 Å². The van der Waals surface area contributed by atoms with Crippen LogP contribution in [0.3, 0.4) is 0 Å². The average molecular weight is 549 g/mol. The van der Waals surface area contributed by atoms with Crippen LogP contribution < -0.4 is 10.3 Å². The Kier molecular flexibility index (Phi) is 7.59. The smallest absolute Gasteiger partial charge is 0.311 e. The SMILES string of the molecule is CC[C@H](C)c1nc2ccc(Br)cc2c(=O)n1N=Cc1ccc(OCc2cccc(C)c2)c([N+](=O)[O-])c1. The lowest BCUT2D eigenvalue weighted by Gasteiger charge is -2.14. The quantitative estimate of drug-likeness (QED) is 0.145. The molecule has 3 aromatic carbocycles. The number of benzene rings is 3. The molecule has 0 bridgehead atoms. The number of halogens is 1. The van der Waals surface area contributed by atoms with Crippen molar-refractivity contribution in [3.05, 3.63) is 108 Å². The van der Waals surface area contributed by atoms with Gasteiger partial charge in [0.1, 0.15) is 12.4 Å². The zero-order valence-electron chi connectivity index (χ0n) is 20.1. The van der Waals surface area contributed by atoms with Crippen LogP contribution in [-0.4, -0.2) is 20.8 Å². The van der Waals surface area contributed by atoms with E-state index >= 15 is 0 Å². The van der Waals surface area contributed by atoms with Crippen molar-refractivity contribution < 1.29 is 9.66 Å². The number of nitrogens with zero attached hydrogens (tertiary/aromatic N) is 4. The van der Waals surface area contributed by atoms with Crippen molar-refractivity contribution in [1.29, 1.82) is 0 Å². The highest BCUT2D eigenvalue weighted by atomic mass is 79.9. The highest BCUT2D eigenvalue weighted by Gasteiger charge is 2.18. The molecule has 0 saturated heterocycles.